The highest BCUT2D eigenvalue weighted by Crippen LogP contribution is 2.50. The summed E-state index contributed by atoms with van der Waals surface area (Å²) in [5.74, 6) is 2.23. The summed E-state index contributed by atoms with van der Waals surface area (Å²) in [5, 5.41) is 4.01. The number of aromatic nitrogens is 2. The normalized spacial score (nSPS) is 23.2. The predicted octanol–water partition coefficient (Wildman–Crippen LogP) is 2.84. The molecule has 0 spiro atoms. The van der Waals surface area contributed by atoms with E-state index < -0.39 is 0 Å². The van der Waals surface area contributed by atoms with Crippen molar-refractivity contribution in [2.75, 3.05) is 26.2 Å². The monoisotopic (exact) mass is 418 g/mol. The maximum atomic E-state index is 12.8. The van der Waals surface area contributed by atoms with Crippen molar-refractivity contribution >= 4 is 21.8 Å². The van der Waals surface area contributed by atoms with E-state index in [4.69, 9.17) is 4.52 Å². The molecule has 0 bridgehead atoms. The summed E-state index contributed by atoms with van der Waals surface area (Å²) in [7, 11) is 0. The third kappa shape index (κ3) is 3.69. The van der Waals surface area contributed by atoms with Crippen LogP contribution < -0.4 is 0 Å². The standard InChI is InChI=1S/C19H23BrN4O2/c1-2-18-21-17(22-26-18)12-23-7-9-24(10-8-23)19(25)15-11-14(15)13-5-3-4-6-16(13)20/h3-6,14-15H,2,7-12H2,1H3. The SMILES string of the molecule is CCc1nc(CN2CCN(C(=O)C3CC3c3ccccc3Br)CC2)no1. The number of hydrogen-bond acceptors (Lipinski definition) is 5. The average Bonchev–Trinajstić information content (AvgIpc) is 3.33. The maximum absolute atomic E-state index is 12.8. The number of benzene rings is 1. The molecular weight excluding hydrogens is 396 g/mol. The summed E-state index contributed by atoms with van der Waals surface area (Å²) in [6.07, 6.45) is 1.72. The van der Waals surface area contributed by atoms with Gasteiger partial charge in [0.1, 0.15) is 0 Å². The topological polar surface area (TPSA) is 62.5 Å². The number of carbonyl (C=O) groups excluding carboxylic acids is 1. The van der Waals surface area contributed by atoms with Gasteiger partial charge in [0.05, 0.1) is 6.54 Å². The third-order valence-electron chi connectivity index (χ3n) is 5.27. The molecule has 138 valence electrons. The van der Waals surface area contributed by atoms with Crippen molar-refractivity contribution in [3.63, 3.8) is 0 Å². The van der Waals surface area contributed by atoms with Crippen LogP contribution in [-0.2, 0) is 17.8 Å². The number of nitrogens with zero attached hydrogens (tertiary/aromatic N) is 4. The average molecular weight is 419 g/mol. The van der Waals surface area contributed by atoms with Gasteiger partial charge in [-0.15, -0.1) is 0 Å². The number of aryl methyl sites for hydroxylation is 1. The second kappa shape index (κ2) is 7.48. The quantitative estimate of drug-likeness (QED) is 0.746. The van der Waals surface area contributed by atoms with Crippen molar-refractivity contribution in [2.45, 2.75) is 32.2 Å². The minimum atomic E-state index is 0.143. The molecule has 2 unspecified atom stereocenters. The van der Waals surface area contributed by atoms with Gasteiger partial charge in [-0.05, 0) is 24.0 Å². The predicted molar refractivity (Wildman–Crippen MR) is 101 cm³/mol. The van der Waals surface area contributed by atoms with Gasteiger partial charge in [-0.3, -0.25) is 9.69 Å². The second-order valence-corrected chi connectivity index (χ2v) is 7.88. The molecule has 2 fully saturated rings. The lowest BCUT2D eigenvalue weighted by atomic mass is 10.1. The second-order valence-electron chi connectivity index (χ2n) is 7.03. The van der Waals surface area contributed by atoms with Gasteiger partial charge in [-0.25, -0.2) is 0 Å². The molecule has 0 radical (unpaired) electrons. The maximum Gasteiger partial charge on any atom is 0.226 e. The highest BCUT2D eigenvalue weighted by molar-refractivity contribution is 9.10. The van der Waals surface area contributed by atoms with E-state index in [9.17, 15) is 4.79 Å². The lowest BCUT2D eigenvalue weighted by molar-refractivity contribution is -0.134. The van der Waals surface area contributed by atoms with Crippen LogP contribution in [0.5, 0.6) is 0 Å². The highest BCUT2D eigenvalue weighted by Gasteiger charge is 2.46. The van der Waals surface area contributed by atoms with E-state index in [2.05, 4.69) is 43.1 Å². The lowest BCUT2D eigenvalue weighted by Gasteiger charge is -2.34. The van der Waals surface area contributed by atoms with Crippen LogP contribution in [0.1, 0.15) is 36.5 Å². The fraction of sp³-hybridized carbons (Fsp3) is 0.526. The number of rotatable bonds is 5. The number of amides is 1. The van der Waals surface area contributed by atoms with Gasteiger partial charge in [0.25, 0.3) is 0 Å². The van der Waals surface area contributed by atoms with Gasteiger partial charge < -0.3 is 9.42 Å². The first-order chi connectivity index (χ1) is 12.7. The molecule has 6 nitrogen and oxygen atoms in total. The van der Waals surface area contributed by atoms with Crippen molar-refractivity contribution in [2.24, 2.45) is 5.92 Å². The van der Waals surface area contributed by atoms with Crippen LogP contribution in [0.2, 0.25) is 0 Å². The summed E-state index contributed by atoms with van der Waals surface area (Å²) in [5.41, 5.74) is 1.26. The van der Waals surface area contributed by atoms with Crippen molar-refractivity contribution < 1.29 is 9.32 Å². The molecule has 26 heavy (non-hydrogen) atoms. The van der Waals surface area contributed by atoms with Gasteiger partial charge in [-0.1, -0.05) is 46.2 Å². The van der Waals surface area contributed by atoms with Gasteiger partial charge in [0, 0.05) is 43.0 Å². The van der Waals surface area contributed by atoms with Gasteiger partial charge in [0.2, 0.25) is 11.8 Å². The Morgan fingerprint density at radius 3 is 2.73 bits per heavy atom. The van der Waals surface area contributed by atoms with Gasteiger partial charge >= 0.3 is 0 Å². The van der Waals surface area contributed by atoms with Crippen LogP contribution in [0, 0.1) is 5.92 Å². The molecule has 0 N–H and O–H groups in total. The number of piperazine rings is 1. The minimum absolute atomic E-state index is 0.143. The van der Waals surface area contributed by atoms with E-state index in [0.29, 0.717) is 24.3 Å². The first-order valence-electron chi connectivity index (χ1n) is 9.22. The molecule has 4 rings (SSSR count). The minimum Gasteiger partial charge on any atom is -0.340 e. The Bertz CT molecular complexity index is 785. The molecular formula is C19H23BrN4O2. The zero-order valence-electron chi connectivity index (χ0n) is 14.9. The van der Waals surface area contributed by atoms with Gasteiger partial charge in [-0.2, -0.15) is 4.98 Å². The molecule has 1 saturated carbocycles. The van der Waals surface area contributed by atoms with E-state index in [1.807, 2.05) is 24.0 Å². The van der Waals surface area contributed by atoms with Crippen LogP contribution in [0.4, 0.5) is 0 Å². The molecule has 1 aromatic carbocycles. The molecule has 2 aliphatic rings. The highest BCUT2D eigenvalue weighted by atomic mass is 79.9. The van der Waals surface area contributed by atoms with Crippen LogP contribution >= 0.6 is 15.9 Å². The molecule has 1 aliphatic heterocycles. The summed E-state index contributed by atoms with van der Waals surface area (Å²) < 4.78 is 6.27. The summed E-state index contributed by atoms with van der Waals surface area (Å²) in [6.45, 7) is 5.95. The smallest absolute Gasteiger partial charge is 0.226 e. The third-order valence-corrected chi connectivity index (χ3v) is 6.00. The zero-order valence-corrected chi connectivity index (χ0v) is 16.5. The largest absolute Gasteiger partial charge is 0.340 e. The molecule has 1 amide bonds. The first-order valence-corrected chi connectivity index (χ1v) is 10.0. The van der Waals surface area contributed by atoms with Crippen molar-refractivity contribution in [3.8, 4) is 0 Å². The van der Waals surface area contributed by atoms with Crippen LogP contribution in [-0.4, -0.2) is 52.0 Å². The van der Waals surface area contributed by atoms with E-state index in [1.165, 1.54) is 5.56 Å². The Hall–Kier alpha value is -1.73. The summed E-state index contributed by atoms with van der Waals surface area (Å²) in [4.78, 5) is 21.5. The first kappa shape index (κ1) is 17.7. The molecule has 2 heterocycles. The molecule has 2 atom stereocenters. The Morgan fingerprint density at radius 2 is 2.04 bits per heavy atom. The fourth-order valence-electron chi connectivity index (χ4n) is 3.65. The van der Waals surface area contributed by atoms with Crippen molar-refractivity contribution in [1.82, 2.24) is 19.9 Å². The van der Waals surface area contributed by atoms with E-state index in [0.717, 1.165) is 49.3 Å². The summed E-state index contributed by atoms with van der Waals surface area (Å²) >= 11 is 3.60. The zero-order chi connectivity index (χ0) is 18.1. The Balaban J connectivity index is 1.28. The Morgan fingerprint density at radius 1 is 1.27 bits per heavy atom. The summed E-state index contributed by atoms with van der Waals surface area (Å²) in [6, 6.07) is 8.23. The van der Waals surface area contributed by atoms with E-state index in [1.54, 1.807) is 0 Å². The fourth-order valence-corrected chi connectivity index (χ4v) is 4.23. The van der Waals surface area contributed by atoms with E-state index >= 15 is 0 Å². The Kier molecular flexibility index (Phi) is 5.09. The van der Waals surface area contributed by atoms with Crippen LogP contribution in [0.25, 0.3) is 0 Å². The molecule has 2 aromatic rings. The number of hydrogen-bond donors (Lipinski definition) is 0. The molecule has 7 heteroatoms. The van der Waals surface area contributed by atoms with Crippen LogP contribution in [0.3, 0.4) is 0 Å². The van der Waals surface area contributed by atoms with Gasteiger partial charge in [0.15, 0.2) is 5.82 Å². The van der Waals surface area contributed by atoms with E-state index in [-0.39, 0.29) is 5.92 Å². The number of halogens is 1. The van der Waals surface area contributed by atoms with Crippen molar-refractivity contribution in [3.05, 3.63) is 46.0 Å². The number of carbonyl (C=O) groups is 1. The molecule has 1 saturated heterocycles. The molecule has 1 aromatic heterocycles. The van der Waals surface area contributed by atoms with Crippen LogP contribution in [0.15, 0.2) is 33.3 Å². The van der Waals surface area contributed by atoms with Crippen molar-refractivity contribution in [1.29, 1.82) is 0 Å². The Labute approximate surface area is 161 Å². The lowest BCUT2D eigenvalue weighted by Crippen LogP contribution is -2.49. The molecule has 1 aliphatic carbocycles.